The van der Waals surface area contributed by atoms with Crippen LogP contribution in [0.25, 0.3) is 0 Å². The van der Waals surface area contributed by atoms with Gasteiger partial charge in [-0.25, -0.2) is 4.79 Å². The monoisotopic (exact) mass is 433 g/mol. The van der Waals surface area contributed by atoms with Gasteiger partial charge in [0.1, 0.15) is 17.4 Å². The van der Waals surface area contributed by atoms with Gasteiger partial charge >= 0.3 is 6.03 Å². The molecule has 3 N–H and O–H groups in total. The highest BCUT2D eigenvalue weighted by Crippen LogP contribution is 2.33. The molecule has 0 radical (unpaired) electrons. The second-order valence-electron chi connectivity index (χ2n) is 7.06. The summed E-state index contributed by atoms with van der Waals surface area (Å²) in [4.78, 5) is 25.2. The van der Waals surface area contributed by atoms with Crippen molar-refractivity contribution in [2.45, 2.75) is 6.04 Å². The number of rotatable bonds is 5. The normalized spacial score (nSPS) is 18.0. The van der Waals surface area contributed by atoms with E-state index in [1.54, 1.807) is 48.5 Å². The number of hydrogen-bond donors (Lipinski definition) is 3. The van der Waals surface area contributed by atoms with Crippen LogP contribution in [0.4, 0.5) is 10.5 Å². The van der Waals surface area contributed by atoms with Crippen molar-refractivity contribution in [3.63, 3.8) is 0 Å². The molecule has 2 atom stereocenters. The molecule has 1 heterocycles. The van der Waals surface area contributed by atoms with Crippen molar-refractivity contribution in [3.8, 4) is 11.5 Å². The van der Waals surface area contributed by atoms with Gasteiger partial charge in [-0.2, -0.15) is 0 Å². The zero-order valence-corrected chi connectivity index (χ0v) is 17.2. The van der Waals surface area contributed by atoms with Crippen LogP contribution in [0.3, 0.4) is 0 Å². The smallest absolute Gasteiger partial charge is 0.319 e. The third kappa shape index (κ3) is 4.87. The summed E-state index contributed by atoms with van der Waals surface area (Å²) in [7, 11) is 0. The van der Waals surface area contributed by atoms with Gasteiger partial charge in [-0.3, -0.25) is 4.79 Å². The second-order valence-corrected chi connectivity index (χ2v) is 7.50. The standard InChI is InChI=1S/C24H20ClN3O3/c1-15-21(23(29)27-18-7-3-2-4-8-18)22(28-24(30)26-15)16-6-5-9-20(14-16)31-19-12-10-17(25)11-13-19/h2-14,21-22H,1H2,(H,27,29)(H2,26,28,30)/t21-,22+/m1/s1. The highest BCUT2D eigenvalue weighted by molar-refractivity contribution is 6.30. The minimum Gasteiger partial charge on any atom is -0.457 e. The summed E-state index contributed by atoms with van der Waals surface area (Å²) in [6, 6.07) is 22.3. The average Bonchev–Trinajstić information content (AvgIpc) is 2.75. The number of amides is 3. The van der Waals surface area contributed by atoms with Gasteiger partial charge in [0.15, 0.2) is 0 Å². The molecule has 0 saturated carbocycles. The topological polar surface area (TPSA) is 79.5 Å². The third-order valence-electron chi connectivity index (χ3n) is 4.86. The summed E-state index contributed by atoms with van der Waals surface area (Å²) >= 11 is 5.92. The molecule has 1 aliphatic rings. The van der Waals surface area contributed by atoms with E-state index >= 15 is 0 Å². The predicted molar refractivity (Wildman–Crippen MR) is 120 cm³/mol. The summed E-state index contributed by atoms with van der Waals surface area (Å²) in [5.74, 6) is 0.195. The minimum atomic E-state index is -0.719. The van der Waals surface area contributed by atoms with E-state index in [0.29, 0.717) is 27.9 Å². The van der Waals surface area contributed by atoms with E-state index in [-0.39, 0.29) is 5.91 Å². The Labute approximate surface area is 184 Å². The number of anilines is 1. The number of urea groups is 1. The van der Waals surface area contributed by atoms with E-state index in [1.807, 2.05) is 30.3 Å². The molecule has 0 aliphatic carbocycles. The van der Waals surface area contributed by atoms with Crippen LogP contribution < -0.4 is 20.7 Å². The minimum absolute atomic E-state index is 0.280. The third-order valence-corrected chi connectivity index (χ3v) is 5.11. The molecular weight excluding hydrogens is 414 g/mol. The van der Waals surface area contributed by atoms with Gasteiger partial charge in [0, 0.05) is 16.4 Å². The number of para-hydroxylation sites is 1. The van der Waals surface area contributed by atoms with E-state index in [1.165, 1.54) is 0 Å². The van der Waals surface area contributed by atoms with Crippen LogP contribution in [-0.4, -0.2) is 11.9 Å². The summed E-state index contributed by atoms with van der Waals surface area (Å²) in [5, 5.41) is 8.94. The van der Waals surface area contributed by atoms with E-state index in [2.05, 4.69) is 22.5 Å². The predicted octanol–water partition coefficient (Wildman–Crippen LogP) is 5.25. The van der Waals surface area contributed by atoms with E-state index in [4.69, 9.17) is 16.3 Å². The fourth-order valence-electron chi connectivity index (χ4n) is 3.42. The lowest BCUT2D eigenvalue weighted by Crippen LogP contribution is -2.51. The average molecular weight is 434 g/mol. The molecule has 1 fully saturated rings. The van der Waals surface area contributed by atoms with Crippen LogP contribution in [0, 0.1) is 5.92 Å². The van der Waals surface area contributed by atoms with Crippen LogP contribution in [0.15, 0.2) is 91.1 Å². The molecule has 3 aromatic rings. The van der Waals surface area contributed by atoms with Crippen molar-refractivity contribution in [3.05, 3.63) is 102 Å². The van der Waals surface area contributed by atoms with Crippen molar-refractivity contribution >= 4 is 29.2 Å². The van der Waals surface area contributed by atoms with E-state index in [9.17, 15) is 9.59 Å². The molecule has 4 rings (SSSR count). The zero-order chi connectivity index (χ0) is 21.8. The molecule has 1 saturated heterocycles. The fraction of sp³-hybridized carbons (Fsp3) is 0.0833. The molecule has 0 bridgehead atoms. The van der Waals surface area contributed by atoms with Crippen molar-refractivity contribution < 1.29 is 14.3 Å². The largest absolute Gasteiger partial charge is 0.457 e. The Balaban J connectivity index is 1.60. The van der Waals surface area contributed by atoms with E-state index in [0.717, 1.165) is 5.56 Å². The molecule has 6 nitrogen and oxygen atoms in total. The first kappa shape index (κ1) is 20.5. The molecule has 0 aromatic heterocycles. The van der Waals surface area contributed by atoms with Crippen molar-refractivity contribution in [2.75, 3.05) is 5.32 Å². The number of nitrogens with one attached hydrogen (secondary N) is 3. The molecule has 31 heavy (non-hydrogen) atoms. The molecule has 3 amide bonds. The number of carbonyl (C=O) groups excluding carboxylic acids is 2. The lowest BCUT2D eigenvalue weighted by atomic mass is 9.88. The Morgan fingerprint density at radius 3 is 2.45 bits per heavy atom. The van der Waals surface area contributed by atoms with Gasteiger partial charge in [-0.15, -0.1) is 0 Å². The van der Waals surface area contributed by atoms with Gasteiger partial charge in [-0.05, 0) is 54.1 Å². The molecule has 1 aliphatic heterocycles. The number of hydrogen-bond acceptors (Lipinski definition) is 3. The van der Waals surface area contributed by atoms with Gasteiger partial charge in [0.05, 0.1) is 6.04 Å². The van der Waals surface area contributed by atoms with Crippen molar-refractivity contribution in [2.24, 2.45) is 5.92 Å². The summed E-state index contributed by atoms with van der Waals surface area (Å²) < 4.78 is 5.90. The first-order valence-corrected chi connectivity index (χ1v) is 10.0. The summed E-state index contributed by atoms with van der Waals surface area (Å²) in [6.45, 7) is 3.91. The van der Waals surface area contributed by atoms with Crippen molar-refractivity contribution in [1.82, 2.24) is 10.6 Å². The highest BCUT2D eigenvalue weighted by atomic mass is 35.5. The highest BCUT2D eigenvalue weighted by Gasteiger charge is 2.38. The Morgan fingerprint density at radius 2 is 1.71 bits per heavy atom. The van der Waals surface area contributed by atoms with E-state index < -0.39 is 18.0 Å². The molecule has 156 valence electrons. The van der Waals surface area contributed by atoms with Crippen LogP contribution in [0.1, 0.15) is 11.6 Å². The first-order chi connectivity index (χ1) is 15.0. The Kier molecular flexibility index (Phi) is 5.91. The van der Waals surface area contributed by atoms with Gasteiger partial charge in [-0.1, -0.05) is 48.5 Å². The summed E-state index contributed by atoms with van der Waals surface area (Å²) in [5.41, 5.74) is 1.71. The number of ether oxygens (including phenoxy) is 1. The SMILES string of the molecule is C=C1NC(=O)N[C@@H](c2cccc(Oc3ccc(Cl)cc3)c2)[C@@H]1C(=O)Nc1ccccc1. The first-order valence-electron chi connectivity index (χ1n) is 9.65. The molecule has 7 heteroatoms. The zero-order valence-electron chi connectivity index (χ0n) is 16.5. The van der Waals surface area contributed by atoms with Crippen LogP contribution >= 0.6 is 11.6 Å². The van der Waals surface area contributed by atoms with Crippen LogP contribution in [-0.2, 0) is 4.79 Å². The Bertz CT molecular complexity index is 1120. The number of carbonyl (C=O) groups is 2. The number of halogens is 1. The molecule has 3 aromatic carbocycles. The Morgan fingerprint density at radius 1 is 0.968 bits per heavy atom. The van der Waals surface area contributed by atoms with Gasteiger partial charge in [0.2, 0.25) is 5.91 Å². The fourth-order valence-corrected chi connectivity index (χ4v) is 3.55. The molecular formula is C24H20ClN3O3. The van der Waals surface area contributed by atoms with Gasteiger partial charge in [0.25, 0.3) is 0 Å². The molecule has 0 spiro atoms. The maximum absolute atomic E-state index is 13.1. The second kappa shape index (κ2) is 8.93. The van der Waals surface area contributed by atoms with Gasteiger partial charge < -0.3 is 20.7 Å². The van der Waals surface area contributed by atoms with Crippen LogP contribution in [0.5, 0.6) is 11.5 Å². The number of benzene rings is 3. The quantitative estimate of drug-likeness (QED) is 0.513. The van der Waals surface area contributed by atoms with Crippen LogP contribution in [0.2, 0.25) is 5.02 Å². The van der Waals surface area contributed by atoms with Crippen molar-refractivity contribution in [1.29, 1.82) is 0 Å². The molecule has 0 unspecified atom stereocenters. The lowest BCUT2D eigenvalue weighted by Gasteiger charge is -2.34. The summed E-state index contributed by atoms with van der Waals surface area (Å²) in [6.07, 6.45) is 0. The maximum atomic E-state index is 13.1. The maximum Gasteiger partial charge on any atom is 0.319 e. The Hall–Kier alpha value is -3.77. The lowest BCUT2D eigenvalue weighted by molar-refractivity contribution is -0.119.